The van der Waals surface area contributed by atoms with E-state index >= 15 is 0 Å². The topological polar surface area (TPSA) is 91.4 Å². The fraction of sp³-hybridized carbons (Fsp3) is 0.231. The highest BCUT2D eigenvalue weighted by Crippen LogP contribution is 2.41. The van der Waals surface area contributed by atoms with Crippen molar-refractivity contribution in [1.82, 2.24) is 4.90 Å². The standard InChI is InChI=1S/C26H20F3NO7/c1-2-33-25(32)15-5-7-16(8-6-15)36-23-21(31)18-9-10-20-19(22(18)37-24(23)26(27,28)29)13-30(14-35-20)12-17-4-3-11-34-17/h3-11H,2,12-14H2,1H3. The number of fused-ring (bicyclic) bond motifs is 3. The van der Waals surface area contributed by atoms with Crippen LogP contribution in [0.3, 0.4) is 0 Å². The third kappa shape index (κ3) is 4.90. The number of halogens is 3. The first-order chi connectivity index (χ1) is 17.7. The average molecular weight is 515 g/mol. The van der Waals surface area contributed by atoms with Gasteiger partial charge in [-0.3, -0.25) is 9.69 Å². The lowest BCUT2D eigenvalue weighted by atomic mass is 10.1. The van der Waals surface area contributed by atoms with Gasteiger partial charge in [-0.1, -0.05) is 0 Å². The van der Waals surface area contributed by atoms with Gasteiger partial charge in [-0.2, -0.15) is 13.2 Å². The molecule has 0 spiro atoms. The minimum Gasteiger partial charge on any atom is -0.478 e. The fourth-order valence-corrected chi connectivity index (χ4v) is 3.99. The van der Waals surface area contributed by atoms with Gasteiger partial charge in [0.15, 0.2) is 0 Å². The molecule has 0 aliphatic carbocycles. The van der Waals surface area contributed by atoms with E-state index in [1.807, 2.05) is 0 Å². The predicted octanol–water partition coefficient (Wildman–Crippen LogP) is 5.73. The molecule has 0 amide bonds. The molecule has 0 saturated carbocycles. The highest BCUT2D eigenvalue weighted by atomic mass is 19.4. The molecular weight excluding hydrogens is 495 g/mol. The molecule has 0 atom stereocenters. The molecule has 0 unspecified atom stereocenters. The van der Waals surface area contributed by atoms with E-state index in [2.05, 4.69) is 0 Å². The largest absolute Gasteiger partial charge is 0.478 e. The Bertz CT molecular complexity index is 1490. The van der Waals surface area contributed by atoms with Gasteiger partial charge in [-0.15, -0.1) is 0 Å². The van der Waals surface area contributed by atoms with E-state index in [0.717, 1.165) is 0 Å². The number of rotatable bonds is 6. The number of esters is 1. The van der Waals surface area contributed by atoms with Crippen molar-refractivity contribution >= 4 is 16.9 Å². The summed E-state index contributed by atoms with van der Waals surface area (Å²) in [4.78, 5) is 26.9. The zero-order chi connectivity index (χ0) is 26.2. The minimum atomic E-state index is -5.03. The van der Waals surface area contributed by atoms with Crippen molar-refractivity contribution in [3.05, 3.63) is 87.7 Å². The number of ether oxygens (including phenoxy) is 3. The van der Waals surface area contributed by atoms with Crippen molar-refractivity contribution in [1.29, 1.82) is 0 Å². The lowest BCUT2D eigenvalue weighted by Crippen LogP contribution is -2.31. The van der Waals surface area contributed by atoms with Gasteiger partial charge in [0.25, 0.3) is 5.76 Å². The van der Waals surface area contributed by atoms with Gasteiger partial charge in [0.1, 0.15) is 29.6 Å². The van der Waals surface area contributed by atoms with E-state index in [4.69, 9.17) is 23.0 Å². The molecule has 1 aliphatic rings. The molecule has 192 valence electrons. The van der Waals surface area contributed by atoms with Crippen LogP contribution in [-0.2, 0) is 24.0 Å². The van der Waals surface area contributed by atoms with Crippen molar-refractivity contribution in [3.63, 3.8) is 0 Å². The van der Waals surface area contributed by atoms with Gasteiger partial charge < -0.3 is 23.0 Å². The number of carbonyl (C=O) groups is 1. The molecule has 11 heteroatoms. The van der Waals surface area contributed by atoms with Crippen molar-refractivity contribution in [2.45, 2.75) is 26.2 Å². The zero-order valence-electron chi connectivity index (χ0n) is 19.5. The molecule has 37 heavy (non-hydrogen) atoms. The van der Waals surface area contributed by atoms with Crippen LogP contribution in [0, 0.1) is 0 Å². The van der Waals surface area contributed by atoms with E-state index in [9.17, 15) is 22.8 Å². The van der Waals surface area contributed by atoms with Gasteiger partial charge in [0.2, 0.25) is 11.2 Å². The van der Waals surface area contributed by atoms with Crippen LogP contribution in [0.4, 0.5) is 13.2 Å². The smallest absolute Gasteiger partial charge is 0.453 e. The van der Waals surface area contributed by atoms with E-state index in [0.29, 0.717) is 23.6 Å². The first kappa shape index (κ1) is 24.4. The number of benzene rings is 2. The van der Waals surface area contributed by atoms with Gasteiger partial charge in [0, 0.05) is 6.54 Å². The van der Waals surface area contributed by atoms with Crippen LogP contribution in [0.15, 0.2) is 68.4 Å². The molecule has 0 fully saturated rings. The molecule has 1 aliphatic heterocycles. The third-order valence-electron chi connectivity index (χ3n) is 5.67. The summed E-state index contributed by atoms with van der Waals surface area (Å²) in [6.45, 7) is 2.51. The Labute approximate surface area is 207 Å². The molecule has 2 aromatic heterocycles. The molecular formula is C26H20F3NO7. The van der Waals surface area contributed by atoms with Crippen LogP contribution in [-0.4, -0.2) is 24.2 Å². The molecule has 0 saturated heterocycles. The molecule has 5 rings (SSSR count). The van der Waals surface area contributed by atoms with E-state index < -0.39 is 29.1 Å². The second-order valence-corrected chi connectivity index (χ2v) is 8.19. The van der Waals surface area contributed by atoms with Crippen molar-refractivity contribution in [3.8, 4) is 17.2 Å². The monoisotopic (exact) mass is 515 g/mol. The summed E-state index contributed by atoms with van der Waals surface area (Å²) in [6.07, 6.45) is -3.51. The first-order valence-corrected chi connectivity index (χ1v) is 11.3. The Morgan fingerprint density at radius 1 is 1.11 bits per heavy atom. The number of hydrogen-bond acceptors (Lipinski definition) is 8. The van der Waals surface area contributed by atoms with Gasteiger partial charge >= 0.3 is 12.1 Å². The summed E-state index contributed by atoms with van der Waals surface area (Å²) in [5, 5.41) is -0.0895. The zero-order valence-corrected chi connectivity index (χ0v) is 19.5. The molecule has 2 aromatic carbocycles. The maximum atomic E-state index is 14.0. The normalized spacial score (nSPS) is 13.7. The van der Waals surface area contributed by atoms with Crippen LogP contribution in [0.2, 0.25) is 0 Å². The van der Waals surface area contributed by atoms with E-state index in [1.54, 1.807) is 24.0 Å². The summed E-state index contributed by atoms with van der Waals surface area (Å²) in [7, 11) is 0. The summed E-state index contributed by atoms with van der Waals surface area (Å²) in [5.41, 5.74) is -0.734. The molecule has 3 heterocycles. The maximum Gasteiger partial charge on any atom is 0.453 e. The lowest BCUT2D eigenvalue weighted by molar-refractivity contribution is -0.154. The van der Waals surface area contributed by atoms with Crippen LogP contribution < -0.4 is 14.9 Å². The number of hydrogen-bond donors (Lipinski definition) is 0. The summed E-state index contributed by atoms with van der Waals surface area (Å²) >= 11 is 0. The third-order valence-corrected chi connectivity index (χ3v) is 5.67. The first-order valence-electron chi connectivity index (χ1n) is 11.3. The van der Waals surface area contributed by atoms with Gasteiger partial charge in [-0.25, -0.2) is 4.79 Å². The molecule has 0 bridgehead atoms. The highest BCUT2D eigenvalue weighted by Gasteiger charge is 2.41. The second-order valence-electron chi connectivity index (χ2n) is 8.19. The Kier molecular flexibility index (Phi) is 6.38. The van der Waals surface area contributed by atoms with Gasteiger partial charge in [-0.05, 0) is 55.5 Å². The Morgan fingerprint density at radius 2 is 1.89 bits per heavy atom. The van der Waals surface area contributed by atoms with E-state index in [1.165, 1.54) is 42.7 Å². The Hall–Kier alpha value is -4.25. The van der Waals surface area contributed by atoms with Crippen molar-refractivity contribution < 1.29 is 41.0 Å². The van der Waals surface area contributed by atoms with E-state index in [-0.39, 0.29) is 42.2 Å². The second kappa shape index (κ2) is 9.66. The molecule has 4 aromatic rings. The predicted molar refractivity (Wildman–Crippen MR) is 123 cm³/mol. The number of nitrogens with zero attached hydrogens (tertiary/aromatic N) is 1. The van der Waals surface area contributed by atoms with Crippen molar-refractivity contribution in [2.24, 2.45) is 0 Å². The fourth-order valence-electron chi connectivity index (χ4n) is 3.99. The lowest BCUT2D eigenvalue weighted by Gasteiger charge is -2.28. The quantitative estimate of drug-likeness (QED) is 0.301. The Morgan fingerprint density at radius 3 is 2.57 bits per heavy atom. The number of carbonyl (C=O) groups excluding carboxylic acids is 1. The summed E-state index contributed by atoms with van der Waals surface area (Å²) in [5.74, 6) is -2.29. The Balaban J connectivity index is 1.54. The summed E-state index contributed by atoms with van der Waals surface area (Å²) in [6, 6.07) is 11.5. The SMILES string of the molecule is CCOC(=O)c1ccc(Oc2c(C(F)(F)F)oc3c4c(ccc3c2=O)OCN(Cc2ccco2)C4)cc1. The van der Waals surface area contributed by atoms with Crippen molar-refractivity contribution in [2.75, 3.05) is 13.3 Å². The molecule has 8 nitrogen and oxygen atoms in total. The number of alkyl halides is 3. The van der Waals surface area contributed by atoms with Crippen LogP contribution in [0.1, 0.15) is 34.4 Å². The average Bonchev–Trinajstić information content (AvgIpc) is 3.38. The summed E-state index contributed by atoms with van der Waals surface area (Å²) < 4.78 is 68.8. The van der Waals surface area contributed by atoms with Crippen LogP contribution >= 0.6 is 0 Å². The molecule has 0 N–H and O–H groups in total. The maximum absolute atomic E-state index is 14.0. The van der Waals surface area contributed by atoms with Gasteiger partial charge in [0.05, 0.1) is 35.9 Å². The molecule has 0 radical (unpaired) electrons. The highest BCUT2D eigenvalue weighted by molar-refractivity contribution is 5.89. The minimum absolute atomic E-state index is 0.0869. The number of furan rings is 1. The van der Waals surface area contributed by atoms with Crippen LogP contribution in [0.5, 0.6) is 17.2 Å². The van der Waals surface area contributed by atoms with Crippen LogP contribution in [0.25, 0.3) is 11.0 Å².